The highest BCUT2D eigenvalue weighted by molar-refractivity contribution is 5.82. The normalized spacial score (nSPS) is 26.1. The number of hydrogen-bond acceptors (Lipinski definition) is 4. The lowest BCUT2D eigenvalue weighted by molar-refractivity contribution is -0.129. The Morgan fingerprint density at radius 2 is 2.17 bits per heavy atom. The van der Waals surface area contributed by atoms with Crippen molar-refractivity contribution >= 4 is 5.91 Å². The van der Waals surface area contributed by atoms with Crippen molar-refractivity contribution in [2.24, 2.45) is 0 Å². The van der Waals surface area contributed by atoms with Crippen LogP contribution < -0.4 is 10.6 Å². The molecular formula is C13H27N3O2. The topological polar surface area (TPSA) is 53.6 Å². The molecule has 0 spiro atoms. The molecule has 2 N–H and O–H groups in total. The van der Waals surface area contributed by atoms with Gasteiger partial charge in [0, 0.05) is 19.1 Å². The molecular weight excluding hydrogens is 230 g/mol. The molecule has 0 aliphatic carbocycles. The average Bonchev–Trinajstić information content (AvgIpc) is 2.36. The summed E-state index contributed by atoms with van der Waals surface area (Å²) in [4.78, 5) is 14.4. The number of carbonyl (C=O) groups excluding carboxylic acids is 1. The minimum atomic E-state index is -0.224. The Hall–Kier alpha value is -0.650. The number of hydrogen-bond donors (Lipinski definition) is 2. The summed E-state index contributed by atoms with van der Waals surface area (Å²) in [7, 11) is 0. The fraction of sp³-hybridized carbons (Fsp3) is 0.923. The molecule has 0 aromatic heterocycles. The highest BCUT2D eigenvalue weighted by atomic mass is 16.5. The summed E-state index contributed by atoms with van der Waals surface area (Å²) in [6.45, 7) is 12.6. The largest absolute Gasteiger partial charge is 0.375 e. The lowest BCUT2D eigenvalue weighted by atomic mass is 10.1. The van der Waals surface area contributed by atoms with Crippen molar-refractivity contribution in [2.75, 3.05) is 32.8 Å². The highest BCUT2D eigenvalue weighted by Gasteiger charge is 2.28. The predicted molar refractivity (Wildman–Crippen MR) is 72.6 cm³/mol. The quantitative estimate of drug-likeness (QED) is 0.714. The van der Waals surface area contributed by atoms with Crippen LogP contribution in [0.3, 0.4) is 0 Å². The fourth-order valence-electron chi connectivity index (χ4n) is 2.27. The van der Waals surface area contributed by atoms with Crippen molar-refractivity contribution in [3.63, 3.8) is 0 Å². The van der Waals surface area contributed by atoms with Crippen LogP contribution in [0.4, 0.5) is 0 Å². The Labute approximate surface area is 110 Å². The first-order chi connectivity index (χ1) is 8.58. The van der Waals surface area contributed by atoms with Crippen molar-refractivity contribution in [3.8, 4) is 0 Å². The molecule has 1 aliphatic rings. The molecule has 0 saturated carbocycles. The summed E-state index contributed by atoms with van der Waals surface area (Å²) in [5, 5.41) is 6.26. The first-order valence-corrected chi connectivity index (χ1v) is 6.96. The van der Waals surface area contributed by atoms with Gasteiger partial charge in [-0.25, -0.2) is 0 Å². The average molecular weight is 257 g/mol. The molecule has 5 nitrogen and oxygen atoms in total. The SMILES string of the molecule is CCN(CC)CC(C)NC(=O)[C@H]1NCCO[C@@H]1C. The van der Waals surface area contributed by atoms with E-state index in [0.717, 1.165) is 26.2 Å². The van der Waals surface area contributed by atoms with E-state index in [1.54, 1.807) is 0 Å². The zero-order valence-corrected chi connectivity index (χ0v) is 12.0. The molecule has 3 atom stereocenters. The number of morpholine rings is 1. The molecule has 1 heterocycles. The van der Waals surface area contributed by atoms with Crippen LogP contribution in [0.25, 0.3) is 0 Å². The highest BCUT2D eigenvalue weighted by Crippen LogP contribution is 2.04. The van der Waals surface area contributed by atoms with Crippen molar-refractivity contribution in [1.29, 1.82) is 0 Å². The minimum Gasteiger partial charge on any atom is -0.375 e. The number of likely N-dealkylation sites (N-methyl/N-ethyl adjacent to an activating group) is 1. The van der Waals surface area contributed by atoms with Crippen LogP contribution in [-0.2, 0) is 9.53 Å². The second-order valence-electron chi connectivity index (χ2n) is 4.90. The zero-order valence-electron chi connectivity index (χ0n) is 12.0. The first kappa shape index (κ1) is 15.4. The van der Waals surface area contributed by atoms with Gasteiger partial charge in [0.15, 0.2) is 0 Å². The molecule has 5 heteroatoms. The molecule has 0 aromatic carbocycles. The van der Waals surface area contributed by atoms with Crippen molar-refractivity contribution in [1.82, 2.24) is 15.5 Å². The summed E-state index contributed by atoms with van der Waals surface area (Å²) >= 11 is 0. The molecule has 1 amide bonds. The molecule has 0 bridgehead atoms. The number of nitrogens with one attached hydrogen (secondary N) is 2. The van der Waals surface area contributed by atoms with Crippen LogP contribution in [0.5, 0.6) is 0 Å². The zero-order chi connectivity index (χ0) is 13.5. The maximum atomic E-state index is 12.1. The van der Waals surface area contributed by atoms with Gasteiger partial charge in [-0.3, -0.25) is 4.79 Å². The van der Waals surface area contributed by atoms with Gasteiger partial charge in [0.2, 0.25) is 5.91 Å². The molecule has 1 aliphatic heterocycles. The molecule has 1 fully saturated rings. The minimum absolute atomic E-state index is 0.0434. The monoisotopic (exact) mass is 257 g/mol. The molecule has 1 unspecified atom stereocenters. The summed E-state index contributed by atoms with van der Waals surface area (Å²) in [5.41, 5.74) is 0. The van der Waals surface area contributed by atoms with E-state index in [0.29, 0.717) is 6.61 Å². The van der Waals surface area contributed by atoms with E-state index in [1.807, 2.05) is 13.8 Å². The predicted octanol–water partition coefficient (Wildman–Crippen LogP) is 0.210. The Kier molecular flexibility index (Phi) is 6.60. The van der Waals surface area contributed by atoms with E-state index in [1.165, 1.54) is 0 Å². The first-order valence-electron chi connectivity index (χ1n) is 6.96. The Morgan fingerprint density at radius 1 is 1.50 bits per heavy atom. The molecule has 1 rings (SSSR count). The summed E-state index contributed by atoms with van der Waals surface area (Å²) < 4.78 is 5.48. The Balaban J connectivity index is 2.38. The fourth-order valence-corrected chi connectivity index (χ4v) is 2.27. The van der Waals surface area contributed by atoms with Crippen molar-refractivity contribution in [2.45, 2.75) is 45.9 Å². The van der Waals surface area contributed by atoms with E-state index < -0.39 is 0 Å². The summed E-state index contributed by atoms with van der Waals surface area (Å²) in [6, 6.07) is -0.0637. The van der Waals surface area contributed by atoms with Gasteiger partial charge in [0.1, 0.15) is 6.04 Å². The maximum Gasteiger partial charge on any atom is 0.240 e. The maximum absolute atomic E-state index is 12.1. The van der Waals surface area contributed by atoms with Gasteiger partial charge >= 0.3 is 0 Å². The van der Waals surface area contributed by atoms with Gasteiger partial charge in [0.25, 0.3) is 0 Å². The third-order valence-electron chi connectivity index (χ3n) is 3.41. The van der Waals surface area contributed by atoms with Crippen LogP contribution in [0.1, 0.15) is 27.7 Å². The number of carbonyl (C=O) groups is 1. The van der Waals surface area contributed by atoms with Crippen molar-refractivity contribution < 1.29 is 9.53 Å². The lowest BCUT2D eigenvalue weighted by Gasteiger charge is -2.31. The standard InChI is InChI=1S/C13H27N3O2/c1-5-16(6-2)9-10(3)15-13(17)12-11(4)18-8-7-14-12/h10-12,14H,5-9H2,1-4H3,(H,15,17)/t10?,11-,12+/m1/s1. The number of rotatable bonds is 6. The van der Waals surface area contributed by atoms with E-state index in [4.69, 9.17) is 4.74 Å². The number of amides is 1. The lowest BCUT2D eigenvalue weighted by Crippen LogP contribution is -2.57. The number of ether oxygens (including phenoxy) is 1. The Bertz CT molecular complexity index is 257. The summed E-state index contributed by atoms with van der Waals surface area (Å²) in [5.74, 6) is 0.0434. The van der Waals surface area contributed by atoms with Gasteiger partial charge < -0.3 is 20.3 Å². The van der Waals surface area contributed by atoms with E-state index in [2.05, 4.69) is 29.4 Å². The number of nitrogens with zero attached hydrogens (tertiary/aromatic N) is 1. The van der Waals surface area contributed by atoms with Crippen molar-refractivity contribution in [3.05, 3.63) is 0 Å². The molecule has 0 radical (unpaired) electrons. The second-order valence-corrected chi connectivity index (χ2v) is 4.90. The van der Waals surface area contributed by atoms with Crippen LogP contribution >= 0.6 is 0 Å². The third-order valence-corrected chi connectivity index (χ3v) is 3.41. The van der Waals surface area contributed by atoms with Crippen LogP contribution in [-0.4, -0.2) is 61.8 Å². The third kappa shape index (κ3) is 4.55. The molecule has 1 saturated heterocycles. The van der Waals surface area contributed by atoms with Gasteiger partial charge in [-0.15, -0.1) is 0 Å². The van der Waals surface area contributed by atoms with E-state index in [-0.39, 0.29) is 24.1 Å². The molecule has 0 aromatic rings. The van der Waals surface area contributed by atoms with Crippen LogP contribution in [0.2, 0.25) is 0 Å². The Morgan fingerprint density at radius 3 is 2.72 bits per heavy atom. The van der Waals surface area contributed by atoms with Gasteiger partial charge in [-0.05, 0) is 26.9 Å². The molecule has 18 heavy (non-hydrogen) atoms. The summed E-state index contributed by atoms with van der Waals surface area (Å²) in [6.07, 6.45) is -0.0561. The van der Waals surface area contributed by atoms with E-state index >= 15 is 0 Å². The second kappa shape index (κ2) is 7.71. The van der Waals surface area contributed by atoms with E-state index in [9.17, 15) is 4.79 Å². The molecule has 106 valence electrons. The van der Waals surface area contributed by atoms with Gasteiger partial charge in [0.05, 0.1) is 12.7 Å². The van der Waals surface area contributed by atoms with Gasteiger partial charge in [-0.2, -0.15) is 0 Å². The van der Waals surface area contributed by atoms with Gasteiger partial charge in [-0.1, -0.05) is 13.8 Å². The van der Waals surface area contributed by atoms with Crippen LogP contribution in [0, 0.1) is 0 Å². The smallest absolute Gasteiger partial charge is 0.240 e. The van der Waals surface area contributed by atoms with Crippen LogP contribution in [0.15, 0.2) is 0 Å².